The number of imide groups is 1. The number of likely N-dealkylation sites (N-methyl/N-ethyl adjacent to an activating group) is 1. The Labute approximate surface area is 193 Å². The van der Waals surface area contributed by atoms with Crippen LogP contribution in [0.2, 0.25) is 5.02 Å². The number of carbonyl (C=O) groups is 2. The van der Waals surface area contributed by atoms with Crippen molar-refractivity contribution in [3.8, 4) is 0 Å². The quantitative estimate of drug-likeness (QED) is 0.523. The van der Waals surface area contributed by atoms with Crippen molar-refractivity contribution in [1.29, 1.82) is 0 Å². The minimum Gasteiger partial charge on any atom is -0.301 e. The Morgan fingerprint density at radius 2 is 1.50 bits per heavy atom. The van der Waals surface area contributed by atoms with Crippen molar-refractivity contribution in [2.75, 3.05) is 13.6 Å². The van der Waals surface area contributed by atoms with Gasteiger partial charge in [-0.25, -0.2) is 0 Å². The van der Waals surface area contributed by atoms with Crippen LogP contribution in [0.4, 0.5) is 0 Å². The largest absolute Gasteiger partial charge is 0.301 e. The number of rotatable bonds is 4. The molecule has 0 aromatic heterocycles. The second-order valence-corrected chi connectivity index (χ2v) is 9.19. The average molecular weight is 445 g/mol. The van der Waals surface area contributed by atoms with Gasteiger partial charge in [-0.2, -0.15) is 0 Å². The van der Waals surface area contributed by atoms with Crippen LogP contribution in [-0.2, 0) is 12.0 Å². The SMILES string of the molecule is CCC(N1C(=O)c2ccccc2C1=O)C1(c2ccc(Cl)cc2)CN(C)Cc2ccccc21. The normalized spacial score (nSPS) is 21.4. The van der Waals surface area contributed by atoms with Crippen LogP contribution in [-0.4, -0.2) is 41.2 Å². The first-order chi connectivity index (χ1) is 15.5. The maximum absolute atomic E-state index is 13.5. The van der Waals surface area contributed by atoms with E-state index < -0.39 is 5.41 Å². The Balaban J connectivity index is 1.76. The van der Waals surface area contributed by atoms with E-state index in [9.17, 15) is 9.59 Å². The predicted molar refractivity (Wildman–Crippen MR) is 126 cm³/mol. The van der Waals surface area contributed by atoms with Gasteiger partial charge < -0.3 is 4.90 Å². The summed E-state index contributed by atoms with van der Waals surface area (Å²) in [5, 5.41) is 0.662. The van der Waals surface area contributed by atoms with Crippen molar-refractivity contribution in [3.05, 3.63) is 106 Å². The Morgan fingerprint density at radius 3 is 2.12 bits per heavy atom. The molecule has 0 fully saturated rings. The summed E-state index contributed by atoms with van der Waals surface area (Å²) in [5.41, 5.74) is 3.84. The lowest BCUT2D eigenvalue weighted by atomic mass is 9.64. The van der Waals surface area contributed by atoms with Gasteiger partial charge in [-0.15, -0.1) is 0 Å². The van der Waals surface area contributed by atoms with Gasteiger partial charge in [0.25, 0.3) is 11.8 Å². The summed E-state index contributed by atoms with van der Waals surface area (Å²) >= 11 is 6.24. The number of benzene rings is 3. The number of amides is 2. The summed E-state index contributed by atoms with van der Waals surface area (Å²) in [7, 11) is 2.09. The van der Waals surface area contributed by atoms with Gasteiger partial charge in [0.2, 0.25) is 0 Å². The summed E-state index contributed by atoms with van der Waals surface area (Å²) in [6, 6.07) is 23.0. The van der Waals surface area contributed by atoms with Crippen LogP contribution in [0, 0.1) is 0 Å². The van der Waals surface area contributed by atoms with Crippen molar-refractivity contribution in [2.45, 2.75) is 31.3 Å². The van der Waals surface area contributed by atoms with Gasteiger partial charge in [0.05, 0.1) is 22.6 Å². The Morgan fingerprint density at radius 1 is 0.906 bits per heavy atom. The zero-order valence-corrected chi connectivity index (χ0v) is 19.0. The fraction of sp³-hybridized carbons (Fsp3) is 0.259. The first-order valence-electron chi connectivity index (χ1n) is 11.0. The van der Waals surface area contributed by atoms with Crippen molar-refractivity contribution >= 4 is 23.4 Å². The van der Waals surface area contributed by atoms with Crippen LogP contribution in [0.5, 0.6) is 0 Å². The van der Waals surface area contributed by atoms with Gasteiger partial charge in [-0.3, -0.25) is 14.5 Å². The standard InChI is InChI=1S/C27H25ClN2O2/c1-3-24(30-25(31)21-9-5-6-10-22(21)26(30)32)27(19-12-14-20(28)15-13-19)17-29(2)16-18-8-4-7-11-23(18)27/h4-15,24H,3,16-17H2,1-2H3. The number of nitrogens with zero attached hydrogens (tertiary/aromatic N) is 2. The zero-order chi connectivity index (χ0) is 22.5. The lowest BCUT2D eigenvalue weighted by Gasteiger charge is -2.50. The van der Waals surface area contributed by atoms with Gasteiger partial charge in [0.1, 0.15) is 0 Å². The van der Waals surface area contributed by atoms with E-state index in [1.807, 2.05) is 48.5 Å². The van der Waals surface area contributed by atoms with Crippen LogP contribution in [0.25, 0.3) is 0 Å². The number of fused-ring (bicyclic) bond motifs is 2. The number of hydrogen-bond donors (Lipinski definition) is 0. The Hall–Kier alpha value is -2.95. The molecule has 2 atom stereocenters. The van der Waals surface area contributed by atoms with E-state index in [1.54, 1.807) is 12.1 Å². The fourth-order valence-corrected chi connectivity index (χ4v) is 5.79. The molecule has 0 N–H and O–H groups in total. The highest BCUT2D eigenvalue weighted by atomic mass is 35.5. The minimum absolute atomic E-state index is 0.212. The molecule has 2 unspecified atom stereocenters. The molecule has 0 saturated heterocycles. The maximum atomic E-state index is 13.5. The summed E-state index contributed by atoms with van der Waals surface area (Å²) in [6.07, 6.45) is 0.635. The third-order valence-corrected chi connectivity index (χ3v) is 7.16. The van der Waals surface area contributed by atoms with Crippen LogP contribution in [0.3, 0.4) is 0 Å². The summed E-state index contributed by atoms with van der Waals surface area (Å²) in [5.74, 6) is -0.423. The topological polar surface area (TPSA) is 40.6 Å². The molecule has 0 bridgehead atoms. The van der Waals surface area contributed by atoms with Gasteiger partial charge in [-0.05, 0) is 54.4 Å². The molecule has 2 aliphatic rings. The molecule has 2 aliphatic heterocycles. The van der Waals surface area contributed by atoms with Gasteiger partial charge in [0.15, 0.2) is 0 Å². The molecule has 3 aromatic rings. The Kier molecular flexibility index (Phi) is 5.15. The van der Waals surface area contributed by atoms with Gasteiger partial charge >= 0.3 is 0 Å². The number of hydrogen-bond acceptors (Lipinski definition) is 3. The monoisotopic (exact) mass is 444 g/mol. The lowest BCUT2D eigenvalue weighted by Crippen LogP contribution is -2.59. The highest BCUT2D eigenvalue weighted by molar-refractivity contribution is 6.30. The molecule has 2 heterocycles. The number of carbonyl (C=O) groups excluding carboxylic acids is 2. The van der Waals surface area contributed by atoms with Crippen molar-refractivity contribution < 1.29 is 9.59 Å². The fourth-order valence-electron chi connectivity index (χ4n) is 5.66. The molecule has 0 radical (unpaired) electrons. The van der Waals surface area contributed by atoms with Crippen LogP contribution >= 0.6 is 11.6 Å². The third-order valence-electron chi connectivity index (χ3n) is 6.91. The summed E-state index contributed by atoms with van der Waals surface area (Å²) in [4.78, 5) is 30.9. The zero-order valence-electron chi connectivity index (χ0n) is 18.2. The van der Waals surface area contributed by atoms with Crippen molar-refractivity contribution in [2.24, 2.45) is 0 Å². The second-order valence-electron chi connectivity index (χ2n) is 8.76. The summed E-state index contributed by atoms with van der Waals surface area (Å²) in [6.45, 7) is 3.57. The van der Waals surface area contributed by atoms with E-state index in [2.05, 4.69) is 31.0 Å². The first kappa shape index (κ1) is 20.9. The molecule has 5 rings (SSSR count). The van der Waals surface area contributed by atoms with E-state index in [0.717, 1.165) is 12.1 Å². The van der Waals surface area contributed by atoms with E-state index in [0.29, 0.717) is 29.1 Å². The molecular formula is C27H25ClN2O2. The van der Waals surface area contributed by atoms with Crippen LogP contribution in [0.15, 0.2) is 72.8 Å². The van der Waals surface area contributed by atoms with Crippen LogP contribution < -0.4 is 0 Å². The van der Waals surface area contributed by atoms with E-state index in [1.165, 1.54) is 16.0 Å². The molecule has 3 aromatic carbocycles. The Bertz CT molecular complexity index is 1170. The molecular weight excluding hydrogens is 420 g/mol. The van der Waals surface area contributed by atoms with Crippen LogP contribution in [0.1, 0.15) is 50.8 Å². The second kappa shape index (κ2) is 7.88. The van der Waals surface area contributed by atoms with Gasteiger partial charge in [-0.1, -0.05) is 67.1 Å². The van der Waals surface area contributed by atoms with E-state index in [4.69, 9.17) is 11.6 Å². The molecule has 4 nitrogen and oxygen atoms in total. The third kappa shape index (κ3) is 3.01. The lowest BCUT2D eigenvalue weighted by molar-refractivity contribution is 0.0466. The minimum atomic E-state index is -0.573. The highest BCUT2D eigenvalue weighted by Crippen LogP contribution is 2.46. The highest BCUT2D eigenvalue weighted by Gasteiger charge is 2.52. The maximum Gasteiger partial charge on any atom is 0.261 e. The van der Waals surface area contributed by atoms with Crippen molar-refractivity contribution in [1.82, 2.24) is 9.80 Å². The molecule has 2 amide bonds. The van der Waals surface area contributed by atoms with E-state index >= 15 is 0 Å². The first-order valence-corrected chi connectivity index (χ1v) is 11.3. The molecule has 5 heteroatoms. The average Bonchev–Trinajstić information content (AvgIpc) is 3.05. The molecule has 32 heavy (non-hydrogen) atoms. The number of halogens is 1. The predicted octanol–water partition coefficient (Wildman–Crippen LogP) is 5.15. The molecule has 0 spiro atoms. The molecule has 0 saturated carbocycles. The van der Waals surface area contributed by atoms with Crippen molar-refractivity contribution in [3.63, 3.8) is 0 Å². The summed E-state index contributed by atoms with van der Waals surface area (Å²) < 4.78 is 0. The smallest absolute Gasteiger partial charge is 0.261 e. The van der Waals surface area contributed by atoms with Gasteiger partial charge in [0, 0.05) is 18.1 Å². The molecule has 162 valence electrons. The molecule has 0 aliphatic carbocycles. The van der Waals surface area contributed by atoms with E-state index in [-0.39, 0.29) is 17.9 Å².